The molecule has 1 saturated heterocycles. The SMILES string of the molecule is Cc1ccc(-c2nnc3n2CCCCC3)cc1NC(=O)/C=C/c1ccc(N2CCCC2=O)cc1. The molecule has 1 aromatic heterocycles. The number of aryl methyl sites for hydroxylation is 2. The van der Waals surface area contributed by atoms with E-state index in [1.807, 2.05) is 54.3 Å². The third kappa shape index (κ3) is 4.64. The molecular formula is C27H29N5O2. The number of benzene rings is 2. The number of anilines is 2. The molecule has 2 aromatic carbocycles. The fraction of sp³-hybridized carbons (Fsp3) is 0.333. The molecule has 1 fully saturated rings. The lowest BCUT2D eigenvalue weighted by Gasteiger charge is -2.15. The van der Waals surface area contributed by atoms with Gasteiger partial charge in [-0.15, -0.1) is 10.2 Å². The van der Waals surface area contributed by atoms with Gasteiger partial charge in [0.1, 0.15) is 5.82 Å². The summed E-state index contributed by atoms with van der Waals surface area (Å²) < 4.78 is 2.21. The first-order valence-corrected chi connectivity index (χ1v) is 12.0. The van der Waals surface area contributed by atoms with Crippen LogP contribution in [0, 0.1) is 6.92 Å². The smallest absolute Gasteiger partial charge is 0.248 e. The number of nitrogens with zero attached hydrogens (tertiary/aromatic N) is 4. The second-order valence-electron chi connectivity index (χ2n) is 8.99. The molecule has 174 valence electrons. The Labute approximate surface area is 199 Å². The molecule has 1 N–H and O–H groups in total. The van der Waals surface area contributed by atoms with Crippen molar-refractivity contribution >= 4 is 29.3 Å². The highest BCUT2D eigenvalue weighted by molar-refractivity contribution is 6.02. The molecule has 2 aliphatic heterocycles. The van der Waals surface area contributed by atoms with Crippen LogP contribution in [0.1, 0.15) is 49.1 Å². The molecule has 0 atom stereocenters. The zero-order valence-corrected chi connectivity index (χ0v) is 19.5. The minimum atomic E-state index is -0.195. The molecule has 3 aromatic rings. The van der Waals surface area contributed by atoms with Crippen molar-refractivity contribution < 1.29 is 9.59 Å². The predicted octanol–water partition coefficient (Wildman–Crippen LogP) is 4.76. The van der Waals surface area contributed by atoms with E-state index in [0.29, 0.717) is 6.42 Å². The van der Waals surface area contributed by atoms with Crippen LogP contribution < -0.4 is 10.2 Å². The molecule has 0 unspecified atom stereocenters. The van der Waals surface area contributed by atoms with E-state index in [2.05, 4.69) is 20.1 Å². The summed E-state index contributed by atoms with van der Waals surface area (Å²) in [7, 11) is 0. The Morgan fingerprint density at radius 2 is 1.82 bits per heavy atom. The van der Waals surface area contributed by atoms with Crippen molar-refractivity contribution in [2.45, 2.75) is 52.0 Å². The first-order chi connectivity index (χ1) is 16.6. The first kappa shape index (κ1) is 22.1. The maximum atomic E-state index is 12.6. The molecule has 7 nitrogen and oxygen atoms in total. The molecule has 3 heterocycles. The number of rotatable bonds is 5. The van der Waals surface area contributed by atoms with Crippen molar-refractivity contribution in [3.63, 3.8) is 0 Å². The monoisotopic (exact) mass is 455 g/mol. The van der Waals surface area contributed by atoms with Crippen LogP contribution in [0.2, 0.25) is 0 Å². The van der Waals surface area contributed by atoms with Gasteiger partial charge >= 0.3 is 0 Å². The summed E-state index contributed by atoms with van der Waals surface area (Å²) in [5, 5.41) is 11.8. The van der Waals surface area contributed by atoms with E-state index in [1.165, 1.54) is 12.5 Å². The van der Waals surface area contributed by atoms with Crippen LogP contribution >= 0.6 is 0 Å². The Bertz CT molecular complexity index is 1240. The Morgan fingerprint density at radius 1 is 0.971 bits per heavy atom. The molecule has 0 radical (unpaired) electrons. The van der Waals surface area contributed by atoms with Crippen LogP contribution in [0.25, 0.3) is 17.5 Å². The second-order valence-corrected chi connectivity index (χ2v) is 8.99. The fourth-order valence-electron chi connectivity index (χ4n) is 4.63. The van der Waals surface area contributed by atoms with Crippen LogP contribution in [0.4, 0.5) is 11.4 Å². The first-order valence-electron chi connectivity index (χ1n) is 12.0. The molecule has 5 rings (SSSR count). The van der Waals surface area contributed by atoms with Gasteiger partial charge in [0.15, 0.2) is 5.82 Å². The van der Waals surface area contributed by atoms with Gasteiger partial charge in [0.2, 0.25) is 11.8 Å². The van der Waals surface area contributed by atoms with Crippen LogP contribution in [-0.4, -0.2) is 33.1 Å². The van der Waals surface area contributed by atoms with Crippen molar-refractivity contribution in [2.24, 2.45) is 0 Å². The van der Waals surface area contributed by atoms with Gasteiger partial charge in [-0.3, -0.25) is 9.59 Å². The second kappa shape index (κ2) is 9.63. The number of amides is 2. The van der Waals surface area contributed by atoms with Gasteiger partial charge in [-0.2, -0.15) is 0 Å². The third-order valence-corrected chi connectivity index (χ3v) is 6.57. The molecule has 2 aliphatic rings. The number of hydrogen-bond acceptors (Lipinski definition) is 4. The van der Waals surface area contributed by atoms with Gasteiger partial charge < -0.3 is 14.8 Å². The Morgan fingerprint density at radius 3 is 2.62 bits per heavy atom. The molecule has 0 saturated carbocycles. The average molecular weight is 456 g/mol. The summed E-state index contributed by atoms with van der Waals surface area (Å²) in [6.07, 6.45) is 9.29. The Balaban J connectivity index is 1.28. The number of hydrogen-bond donors (Lipinski definition) is 1. The molecule has 7 heteroatoms. The minimum absolute atomic E-state index is 0.169. The standard InChI is InChI=1S/C27H29N5O2/c1-19-8-12-21(27-30-29-24-6-3-2-4-16-32(24)27)18-23(19)28-25(33)15-11-20-9-13-22(14-10-20)31-17-5-7-26(31)34/h8-15,18H,2-7,16-17H2,1H3,(H,28,33)/b15-11+. The highest BCUT2D eigenvalue weighted by Gasteiger charge is 2.21. The van der Waals surface area contributed by atoms with Gasteiger partial charge in [0.25, 0.3) is 0 Å². The lowest BCUT2D eigenvalue weighted by atomic mass is 10.1. The van der Waals surface area contributed by atoms with E-state index in [9.17, 15) is 9.59 Å². The number of carbonyl (C=O) groups is 2. The quantitative estimate of drug-likeness (QED) is 0.563. The Kier molecular flexibility index (Phi) is 6.25. The van der Waals surface area contributed by atoms with E-state index < -0.39 is 0 Å². The number of fused-ring (bicyclic) bond motifs is 1. The van der Waals surface area contributed by atoms with E-state index in [4.69, 9.17) is 0 Å². The van der Waals surface area contributed by atoms with Gasteiger partial charge in [-0.1, -0.05) is 30.7 Å². The highest BCUT2D eigenvalue weighted by atomic mass is 16.2. The zero-order chi connectivity index (χ0) is 23.5. The maximum absolute atomic E-state index is 12.6. The summed E-state index contributed by atoms with van der Waals surface area (Å²) in [4.78, 5) is 26.4. The topological polar surface area (TPSA) is 80.1 Å². The van der Waals surface area contributed by atoms with E-state index in [-0.39, 0.29) is 11.8 Å². The van der Waals surface area contributed by atoms with Crippen molar-refractivity contribution in [3.8, 4) is 11.4 Å². The largest absolute Gasteiger partial charge is 0.322 e. The molecule has 0 bridgehead atoms. The predicted molar refractivity (Wildman–Crippen MR) is 133 cm³/mol. The summed E-state index contributed by atoms with van der Waals surface area (Å²) in [5.74, 6) is 1.88. The number of carbonyl (C=O) groups excluding carboxylic acids is 2. The van der Waals surface area contributed by atoms with Crippen molar-refractivity contribution in [1.82, 2.24) is 14.8 Å². The lowest BCUT2D eigenvalue weighted by molar-refractivity contribution is -0.117. The summed E-state index contributed by atoms with van der Waals surface area (Å²) in [6, 6.07) is 13.7. The van der Waals surface area contributed by atoms with Crippen LogP contribution in [-0.2, 0) is 22.6 Å². The average Bonchev–Trinajstić information content (AvgIpc) is 3.38. The van der Waals surface area contributed by atoms with E-state index >= 15 is 0 Å². The van der Waals surface area contributed by atoms with Gasteiger partial charge in [-0.25, -0.2) is 0 Å². The van der Waals surface area contributed by atoms with Gasteiger partial charge in [0.05, 0.1) is 0 Å². The van der Waals surface area contributed by atoms with E-state index in [1.54, 1.807) is 6.08 Å². The molecule has 0 aliphatic carbocycles. The fourth-order valence-corrected chi connectivity index (χ4v) is 4.63. The van der Waals surface area contributed by atoms with Crippen LogP contribution in [0.15, 0.2) is 48.5 Å². The molecule has 2 amide bonds. The van der Waals surface area contributed by atoms with Gasteiger partial charge in [0, 0.05) is 48.9 Å². The maximum Gasteiger partial charge on any atom is 0.248 e. The molecular weight excluding hydrogens is 426 g/mol. The van der Waals surface area contributed by atoms with Crippen molar-refractivity contribution in [2.75, 3.05) is 16.8 Å². The molecule has 34 heavy (non-hydrogen) atoms. The molecule has 0 spiro atoms. The van der Waals surface area contributed by atoms with Crippen LogP contribution in [0.5, 0.6) is 0 Å². The minimum Gasteiger partial charge on any atom is -0.322 e. The van der Waals surface area contributed by atoms with Gasteiger partial charge in [-0.05, 0) is 61.6 Å². The highest BCUT2D eigenvalue weighted by Crippen LogP contribution is 2.27. The normalized spacial score (nSPS) is 16.0. The van der Waals surface area contributed by atoms with Crippen molar-refractivity contribution in [1.29, 1.82) is 0 Å². The number of aromatic nitrogens is 3. The summed E-state index contributed by atoms with van der Waals surface area (Å²) in [6.45, 7) is 3.68. The summed E-state index contributed by atoms with van der Waals surface area (Å²) >= 11 is 0. The Hall–Kier alpha value is -3.74. The van der Waals surface area contributed by atoms with Crippen LogP contribution in [0.3, 0.4) is 0 Å². The third-order valence-electron chi connectivity index (χ3n) is 6.57. The number of nitrogens with one attached hydrogen (secondary N) is 1. The summed E-state index contributed by atoms with van der Waals surface area (Å²) in [5.41, 5.74) is 4.52. The lowest BCUT2D eigenvalue weighted by Crippen LogP contribution is -2.23. The van der Waals surface area contributed by atoms with E-state index in [0.717, 1.165) is 78.5 Å². The van der Waals surface area contributed by atoms with Crippen molar-refractivity contribution in [3.05, 3.63) is 65.5 Å². The zero-order valence-electron chi connectivity index (χ0n) is 19.5.